The molecule has 3 N–H and O–H groups in total. The Morgan fingerprint density at radius 1 is 1.00 bits per heavy atom. The fraction of sp³-hybridized carbons (Fsp3) is 0. The van der Waals surface area contributed by atoms with Crippen molar-refractivity contribution >= 4 is 12.1 Å². The van der Waals surface area contributed by atoms with Crippen molar-refractivity contribution in [2.75, 3.05) is 0 Å². The lowest BCUT2D eigenvalue weighted by atomic mass is 10.1. The van der Waals surface area contributed by atoms with E-state index in [1.807, 2.05) is 0 Å². The number of aromatic nitrogens is 3. The molecule has 0 spiro atoms. The number of nitrogens with zero attached hydrogens (tertiary/aromatic N) is 4. The van der Waals surface area contributed by atoms with E-state index in [0.29, 0.717) is 16.8 Å². The molecule has 0 atom stereocenters. The van der Waals surface area contributed by atoms with Crippen LogP contribution in [0.4, 0.5) is 0 Å². The minimum Gasteiger partial charge on any atom is -0.508 e. The summed E-state index contributed by atoms with van der Waals surface area (Å²) < 4.78 is 0. The molecule has 0 saturated heterocycles. The average molecular weight is 335 g/mol. The third-order valence-electron chi connectivity index (χ3n) is 3.15. The molecule has 0 fully saturated rings. The summed E-state index contributed by atoms with van der Waals surface area (Å²) in [6.45, 7) is 0. The Hall–Kier alpha value is -3.81. The fourth-order valence-electron chi connectivity index (χ4n) is 1.98. The largest absolute Gasteiger partial charge is 0.508 e. The van der Waals surface area contributed by atoms with E-state index in [9.17, 15) is 15.0 Å². The number of carbonyl (C=O) groups excluding carboxylic acids is 1. The van der Waals surface area contributed by atoms with Crippen molar-refractivity contribution in [3.05, 3.63) is 66.4 Å². The van der Waals surface area contributed by atoms with Gasteiger partial charge in [0.15, 0.2) is 0 Å². The Morgan fingerprint density at radius 2 is 1.76 bits per heavy atom. The molecule has 25 heavy (non-hydrogen) atoms. The highest BCUT2D eigenvalue weighted by atomic mass is 16.3. The molecule has 1 amide bonds. The van der Waals surface area contributed by atoms with Gasteiger partial charge in [-0.05, 0) is 30.3 Å². The summed E-state index contributed by atoms with van der Waals surface area (Å²) in [4.78, 5) is 24.1. The summed E-state index contributed by atoms with van der Waals surface area (Å²) in [7, 11) is 0. The molecule has 0 aliphatic heterocycles. The lowest BCUT2D eigenvalue weighted by Gasteiger charge is -2.03. The predicted molar refractivity (Wildman–Crippen MR) is 90.1 cm³/mol. The van der Waals surface area contributed by atoms with Gasteiger partial charge < -0.3 is 10.2 Å². The number of amides is 1. The van der Waals surface area contributed by atoms with E-state index < -0.39 is 5.91 Å². The summed E-state index contributed by atoms with van der Waals surface area (Å²) in [6, 6.07) is 7.85. The second-order valence-electron chi connectivity index (χ2n) is 5.01. The second kappa shape index (κ2) is 7.18. The Labute approximate surface area is 142 Å². The van der Waals surface area contributed by atoms with Crippen LogP contribution in [0.1, 0.15) is 16.1 Å². The maximum atomic E-state index is 12.1. The van der Waals surface area contributed by atoms with Crippen molar-refractivity contribution < 1.29 is 15.0 Å². The first-order chi connectivity index (χ1) is 12.1. The van der Waals surface area contributed by atoms with Crippen LogP contribution in [0.3, 0.4) is 0 Å². The number of pyridine rings is 1. The minimum atomic E-state index is -0.530. The van der Waals surface area contributed by atoms with Crippen molar-refractivity contribution in [3.63, 3.8) is 0 Å². The lowest BCUT2D eigenvalue weighted by Crippen LogP contribution is -2.19. The summed E-state index contributed by atoms with van der Waals surface area (Å²) >= 11 is 0. The number of phenols is 1. The first kappa shape index (κ1) is 16.1. The van der Waals surface area contributed by atoms with Gasteiger partial charge in [-0.1, -0.05) is 0 Å². The lowest BCUT2D eigenvalue weighted by molar-refractivity contribution is 0.0950. The number of benzene rings is 1. The van der Waals surface area contributed by atoms with Gasteiger partial charge in [-0.15, -0.1) is 0 Å². The molecule has 8 nitrogen and oxygen atoms in total. The number of hydrogen-bond donors (Lipinski definition) is 3. The molecule has 0 unspecified atom stereocenters. The number of aromatic hydroxyl groups is 2. The van der Waals surface area contributed by atoms with Gasteiger partial charge in [0, 0.05) is 17.3 Å². The smallest absolute Gasteiger partial charge is 0.291 e. The van der Waals surface area contributed by atoms with E-state index in [4.69, 9.17) is 0 Å². The number of phenolic OH excluding ortho intramolecular Hbond substituents is 1. The highest BCUT2D eigenvalue weighted by Crippen LogP contribution is 2.19. The van der Waals surface area contributed by atoms with Gasteiger partial charge in [-0.2, -0.15) is 5.10 Å². The van der Waals surface area contributed by atoms with Gasteiger partial charge in [0.1, 0.15) is 17.2 Å². The third-order valence-corrected chi connectivity index (χ3v) is 3.15. The third kappa shape index (κ3) is 4.14. The van der Waals surface area contributed by atoms with E-state index in [0.717, 1.165) is 0 Å². The monoisotopic (exact) mass is 335 g/mol. The predicted octanol–water partition coefficient (Wildman–Crippen LogP) is 1.71. The zero-order chi connectivity index (χ0) is 17.6. The van der Waals surface area contributed by atoms with Crippen LogP contribution in [0.5, 0.6) is 11.5 Å². The van der Waals surface area contributed by atoms with Gasteiger partial charge in [0.05, 0.1) is 30.5 Å². The van der Waals surface area contributed by atoms with Crippen LogP contribution in [0.25, 0.3) is 11.3 Å². The van der Waals surface area contributed by atoms with Crippen LogP contribution < -0.4 is 5.43 Å². The van der Waals surface area contributed by atoms with Gasteiger partial charge in [-0.3, -0.25) is 14.8 Å². The number of nitrogens with one attached hydrogen (secondary N) is 1. The second-order valence-corrected chi connectivity index (χ2v) is 5.01. The van der Waals surface area contributed by atoms with E-state index in [2.05, 4.69) is 25.5 Å². The number of carbonyl (C=O) groups is 1. The van der Waals surface area contributed by atoms with Gasteiger partial charge in [0.2, 0.25) is 0 Å². The molecule has 124 valence electrons. The van der Waals surface area contributed by atoms with Gasteiger partial charge in [-0.25, -0.2) is 10.4 Å². The molecule has 1 aromatic carbocycles. The van der Waals surface area contributed by atoms with Crippen LogP contribution >= 0.6 is 0 Å². The van der Waals surface area contributed by atoms with Gasteiger partial charge >= 0.3 is 0 Å². The average Bonchev–Trinajstić information content (AvgIpc) is 2.62. The molecular formula is C17H13N5O3. The SMILES string of the molecule is O=C(N/N=C/c1cncc(O)c1)c1cncc(-c2ccc(O)cc2)n1. The fourth-order valence-corrected chi connectivity index (χ4v) is 1.98. The highest BCUT2D eigenvalue weighted by Gasteiger charge is 2.09. The summed E-state index contributed by atoms with van der Waals surface area (Å²) in [5, 5.41) is 22.4. The van der Waals surface area contributed by atoms with E-state index in [1.54, 1.807) is 12.1 Å². The standard InChI is InChI=1S/C17H13N5O3/c23-13-3-1-12(2-4-13)15-9-19-10-16(21-15)17(25)22-20-7-11-5-14(24)8-18-6-11/h1-10,23-24H,(H,22,25)/b20-7+. The topological polar surface area (TPSA) is 121 Å². The van der Waals surface area contributed by atoms with Crippen LogP contribution in [-0.2, 0) is 0 Å². The minimum absolute atomic E-state index is 0.00254. The number of hydrazone groups is 1. The molecule has 8 heteroatoms. The Morgan fingerprint density at radius 3 is 2.52 bits per heavy atom. The quantitative estimate of drug-likeness (QED) is 0.493. The molecular weight excluding hydrogens is 322 g/mol. The molecule has 2 aromatic heterocycles. The summed E-state index contributed by atoms with van der Waals surface area (Å²) in [5.74, 6) is -0.387. The Kier molecular flexibility index (Phi) is 4.61. The molecule has 3 rings (SSSR count). The summed E-state index contributed by atoms with van der Waals surface area (Å²) in [5.41, 5.74) is 4.17. The zero-order valence-electron chi connectivity index (χ0n) is 12.9. The van der Waals surface area contributed by atoms with Crippen molar-refractivity contribution in [3.8, 4) is 22.8 Å². The van der Waals surface area contributed by atoms with Crippen LogP contribution in [0.15, 0.2) is 60.2 Å². The molecule has 0 aliphatic carbocycles. The van der Waals surface area contributed by atoms with Crippen molar-refractivity contribution in [2.45, 2.75) is 0 Å². The number of rotatable bonds is 4. The molecule has 2 heterocycles. The first-order valence-electron chi connectivity index (χ1n) is 7.21. The molecule has 0 saturated carbocycles. The van der Waals surface area contributed by atoms with E-state index >= 15 is 0 Å². The van der Waals surface area contributed by atoms with Gasteiger partial charge in [0.25, 0.3) is 5.91 Å². The summed E-state index contributed by atoms with van der Waals surface area (Å²) in [6.07, 6.45) is 6.97. The highest BCUT2D eigenvalue weighted by molar-refractivity contribution is 5.93. The maximum Gasteiger partial charge on any atom is 0.291 e. The van der Waals surface area contributed by atoms with Crippen LogP contribution in [0, 0.1) is 0 Å². The molecule has 3 aromatic rings. The van der Waals surface area contributed by atoms with Crippen LogP contribution in [0.2, 0.25) is 0 Å². The molecule has 0 radical (unpaired) electrons. The van der Waals surface area contributed by atoms with Crippen molar-refractivity contribution in [2.24, 2.45) is 5.10 Å². The normalized spacial score (nSPS) is 10.7. The van der Waals surface area contributed by atoms with E-state index in [-0.39, 0.29) is 17.2 Å². The Bertz CT molecular complexity index is 926. The Balaban J connectivity index is 1.72. The first-order valence-corrected chi connectivity index (χ1v) is 7.21. The van der Waals surface area contributed by atoms with Crippen molar-refractivity contribution in [1.82, 2.24) is 20.4 Å². The zero-order valence-corrected chi connectivity index (χ0v) is 12.9. The van der Waals surface area contributed by atoms with Crippen LogP contribution in [-0.4, -0.2) is 37.3 Å². The van der Waals surface area contributed by atoms with Crippen molar-refractivity contribution in [1.29, 1.82) is 0 Å². The van der Waals surface area contributed by atoms with E-state index in [1.165, 1.54) is 49.2 Å². The molecule has 0 aliphatic rings. The maximum absolute atomic E-state index is 12.1. The molecule has 0 bridgehead atoms. The number of hydrogen-bond acceptors (Lipinski definition) is 7.